The van der Waals surface area contributed by atoms with Gasteiger partial charge in [-0.25, -0.2) is 0 Å². The van der Waals surface area contributed by atoms with Gasteiger partial charge in [-0.3, -0.25) is 0 Å². The molecule has 0 aromatic rings. The third-order valence-electron chi connectivity index (χ3n) is 7.30. The highest BCUT2D eigenvalue weighted by molar-refractivity contribution is 4.67. The molecule has 3 heteroatoms. The van der Waals surface area contributed by atoms with E-state index in [2.05, 4.69) is 41.9 Å². The molecule has 0 radical (unpaired) electrons. The maximum atomic E-state index is 6.41. The van der Waals surface area contributed by atoms with Gasteiger partial charge >= 0.3 is 0 Å². The van der Waals surface area contributed by atoms with Crippen molar-refractivity contribution in [2.24, 2.45) is 0 Å². The van der Waals surface area contributed by atoms with Gasteiger partial charge in [-0.15, -0.1) is 0 Å². The first-order valence-corrected chi connectivity index (χ1v) is 15.9. The van der Waals surface area contributed by atoms with Crippen molar-refractivity contribution in [3.63, 3.8) is 0 Å². The fourth-order valence-electron chi connectivity index (χ4n) is 4.85. The SMILES string of the molecule is CCCCCCCCCCCCCC(OCCCCCCCCCC)[C@H](C)OCCC[N+](C)(C)C. The normalized spacial score (nSPS) is 13.9. The molecular formula is C32H68NO2+. The summed E-state index contributed by atoms with van der Waals surface area (Å²) in [6.07, 6.45) is 29.0. The van der Waals surface area contributed by atoms with Crippen molar-refractivity contribution in [3.8, 4) is 0 Å². The Bertz CT molecular complexity index is 407. The van der Waals surface area contributed by atoms with Crippen LogP contribution in [0, 0.1) is 0 Å². The molecule has 0 rings (SSSR count). The standard InChI is InChI=1S/C32H68NO2/c1-7-9-11-13-15-17-18-19-20-22-24-27-32(31(3)34-30-26-28-33(4,5)6)35-29-25-23-21-16-14-12-10-8-2/h31-32H,7-30H2,1-6H3/q+1/t31-,32?/m0/s1. The molecule has 3 nitrogen and oxygen atoms in total. The minimum atomic E-state index is 0.208. The second-order valence-corrected chi connectivity index (χ2v) is 12.2. The van der Waals surface area contributed by atoms with E-state index in [1.165, 1.54) is 122 Å². The summed E-state index contributed by atoms with van der Waals surface area (Å²) in [6, 6.07) is 0. The average molecular weight is 499 g/mol. The summed E-state index contributed by atoms with van der Waals surface area (Å²) in [4.78, 5) is 0. The Morgan fingerprint density at radius 1 is 0.486 bits per heavy atom. The average Bonchev–Trinajstić information content (AvgIpc) is 2.82. The van der Waals surface area contributed by atoms with Gasteiger partial charge in [0.25, 0.3) is 0 Å². The fraction of sp³-hybridized carbons (Fsp3) is 1.00. The van der Waals surface area contributed by atoms with Crippen molar-refractivity contribution in [1.29, 1.82) is 0 Å². The van der Waals surface area contributed by atoms with E-state index in [0.717, 1.165) is 37.1 Å². The van der Waals surface area contributed by atoms with Gasteiger partial charge in [0.2, 0.25) is 0 Å². The van der Waals surface area contributed by atoms with Gasteiger partial charge in [-0.05, 0) is 19.8 Å². The Labute approximate surface area is 222 Å². The summed E-state index contributed by atoms with van der Waals surface area (Å²) in [5.74, 6) is 0. The lowest BCUT2D eigenvalue weighted by molar-refractivity contribution is -0.870. The van der Waals surface area contributed by atoms with Gasteiger partial charge in [0, 0.05) is 13.0 Å². The van der Waals surface area contributed by atoms with E-state index in [4.69, 9.17) is 9.47 Å². The van der Waals surface area contributed by atoms with Gasteiger partial charge in [-0.1, -0.05) is 129 Å². The number of ether oxygens (including phenoxy) is 2. The highest BCUT2D eigenvalue weighted by Crippen LogP contribution is 2.17. The molecule has 0 bridgehead atoms. The molecule has 1 unspecified atom stereocenters. The second kappa shape index (κ2) is 25.5. The Kier molecular flexibility index (Phi) is 25.4. The number of hydrogen-bond acceptors (Lipinski definition) is 2. The maximum absolute atomic E-state index is 6.41. The third-order valence-corrected chi connectivity index (χ3v) is 7.30. The van der Waals surface area contributed by atoms with Gasteiger partial charge in [0.15, 0.2) is 0 Å². The zero-order valence-corrected chi connectivity index (χ0v) is 25.4. The summed E-state index contributed by atoms with van der Waals surface area (Å²) in [5.41, 5.74) is 0. The number of unbranched alkanes of at least 4 members (excludes halogenated alkanes) is 17. The first-order valence-electron chi connectivity index (χ1n) is 15.9. The molecule has 35 heavy (non-hydrogen) atoms. The number of rotatable bonds is 28. The van der Waals surface area contributed by atoms with Crippen molar-refractivity contribution in [3.05, 3.63) is 0 Å². The van der Waals surface area contributed by atoms with Crippen LogP contribution in [0.3, 0.4) is 0 Å². The fourth-order valence-corrected chi connectivity index (χ4v) is 4.85. The van der Waals surface area contributed by atoms with E-state index in [1.807, 2.05) is 0 Å². The molecule has 0 aromatic carbocycles. The van der Waals surface area contributed by atoms with E-state index in [0.29, 0.717) is 0 Å². The minimum Gasteiger partial charge on any atom is -0.376 e. The highest BCUT2D eigenvalue weighted by Gasteiger charge is 2.19. The van der Waals surface area contributed by atoms with Crippen molar-refractivity contribution < 1.29 is 14.0 Å². The van der Waals surface area contributed by atoms with Gasteiger partial charge in [0.05, 0.1) is 46.5 Å². The summed E-state index contributed by atoms with van der Waals surface area (Å²) in [7, 11) is 6.77. The Morgan fingerprint density at radius 3 is 1.34 bits per heavy atom. The molecule has 0 aromatic heterocycles. The van der Waals surface area contributed by atoms with Crippen LogP contribution in [0.1, 0.15) is 156 Å². The number of hydrogen-bond donors (Lipinski definition) is 0. The zero-order valence-electron chi connectivity index (χ0n) is 25.4. The van der Waals surface area contributed by atoms with Crippen LogP contribution in [0.25, 0.3) is 0 Å². The molecular weight excluding hydrogens is 430 g/mol. The summed E-state index contributed by atoms with van der Waals surface area (Å²) in [6.45, 7) is 9.75. The molecule has 212 valence electrons. The summed E-state index contributed by atoms with van der Waals surface area (Å²) < 4.78 is 13.7. The minimum absolute atomic E-state index is 0.208. The van der Waals surface area contributed by atoms with E-state index in [-0.39, 0.29) is 12.2 Å². The van der Waals surface area contributed by atoms with E-state index < -0.39 is 0 Å². The molecule has 0 saturated carbocycles. The monoisotopic (exact) mass is 499 g/mol. The largest absolute Gasteiger partial charge is 0.376 e. The molecule has 0 aliphatic heterocycles. The maximum Gasteiger partial charge on any atom is 0.0833 e. The highest BCUT2D eigenvalue weighted by atomic mass is 16.5. The van der Waals surface area contributed by atoms with Crippen LogP contribution in [0.15, 0.2) is 0 Å². The quantitative estimate of drug-likeness (QED) is 0.0789. The molecule has 0 N–H and O–H groups in total. The molecule has 2 atom stereocenters. The van der Waals surface area contributed by atoms with Crippen LogP contribution in [0.5, 0.6) is 0 Å². The van der Waals surface area contributed by atoms with Crippen molar-refractivity contribution in [1.82, 2.24) is 0 Å². The molecule has 0 spiro atoms. The molecule has 0 aliphatic carbocycles. The van der Waals surface area contributed by atoms with Crippen molar-refractivity contribution in [2.75, 3.05) is 40.9 Å². The van der Waals surface area contributed by atoms with E-state index in [9.17, 15) is 0 Å². The lowest BCUT2D eigenvalue weighted by Crippen LogP contribution is -2.36. The Balaban J connectivity index is 4.06. The number of quaternary nitrogens is 1. The van der Waals surface area contributed by atoms with E-state index in [1.54, 1.807) is 0 Å². The van der Waals surface area contributed by atoms with Crippen LogP contribution >= 0.6 is 0 Å². The van der Waals surface area contributed by atoms with Crippen molar-refractivity contribution in [2.45, 2.75) is 168 Å². The first-order chi connectivity index (χ1) is 16.9. The predicted molar refractivity (Wildman–Crippen MR) is 156 cm³/mol. The molecule has 0 amide bonds. The van der Waals surface area contributed by atoms with Gasteiger partial charge < -0.3 is 14.0 Å². The lowest BCUT2D eigenvalue weighted by atomic mass is 10.0. The topological polar surface area (TPSA) is 18.5 Å². The first kappa shape index (κ1) is 34.9. The van der Waals surface area contributed by atoms with Crippen LogP contribution in [-0.2, 0) is 9.47 Å². The molecule has 0 fully saturated rings. The van der Waals surface area contributed by atoms with Gasteiger partial charge in [0.1, 0.15) is 0 Å². The van der Waals surface area contributed by atoms with Crippen LogP contribution in [0.2, 0.25) is 0 Å². The molecule has 0 heterocycles. The third kappa shape index (κ3) is 26.7. The smallest absolute Gasteiger partial charge is 0.0833 e. The van der Waals surface area contributed by atoms with Crippen molar-refractivity contribution >= 4 is 0 Å². The summed E-state index contributed by atoms with van der Waals surface area (Å²) in [5, 5.41) is 0. The Hall–Kier alpha value is -0.120. The summed E-state index contributed by atoms with van der Waals surface area (Å²) >= 11 is 0. The molecule has 0 saturated heterocycles. The predicted octanol–water partition coefficient (Wildman–Crippen LogP) is 9.71. The van der Waals surface area contributed by atoms with E-state index >= 15 is 0 Å². The molecule has 0 aliphatic rings. The zero-order chi connectivity index (χ0) is 26.0. The Morgan fingerprint density at radius 2 is 0.886 bits per heavy atom. The second-order valence-electron chi connectivity index (χ2n) is 12.2. The number of nitrogens with zero attached hydrogens (tertiary/aromatic N) is 1. The van der Waals surface area contributed by atoms with Gasteiger partial charge in [-0.2, -0.15) is 0 Å². The van der Waals surface area contributed by atoms with Crippen LogP contribution < -0.4 is 0 Å². The van der Waals surface area contributed by atoms with Crippen LogP contribution in [0.4, 0.5) is 0 Å². The lowest BCUT2D eigenvalue weighted by Gasteiger charge is -2.27. The van der Waals surface area contributed by atoms with Crippen LogP contribution in [-0.4, -0.2) is 57.6 Å².